The van der Waals surface area contributed by atoms with Gasteiger partial charge in [-0.1, -0.05) is 35.9 Å². The van der Waals surface area contributed by atoms with Gasteiger partial charge >= 0.3 is 5.97 Å². The van der Waals surface area contributed by atoms with Crippen molar-refractivity contribution < 1.29 is 19.4 Å². The SMILES string of the molecule is O=C(O)COc1cccc(C(=O)Cc2cn(Cc3cccc(Cl)c3)cn2)c1. The number of carbonyl (C=O) groups is 2. The third-order valence-corrected chi connectivity index (χ3v) is 4.04. The number of aliphatic carboxylic acids is 1. The largest absolute Gasteiger partial charge is 0.482 e. The first kappa shape index (κ1) is 18.7. The zero-order valence-corrected chi connectivity index (χ0v) is 15.1. The number of halogens is 1. The van der Waals surface area contributed by atoms with Crippen LogP contribution < -0.4 is 4.74 Å². The molecule has 27 heavy (non-hydrogen) atoms. The zero-order valence-electron chi connectivity index (χ0n) is 14.3. The van der Waals surface area contributed by atoms with Gasteiger partial charge in [0.2, 0.25) is 0 Å². The fraction of sp³-hybridized carbons (Fsp3) is 0.150. The summed E-state index contributed by atoms with van der Waals surface area (Å²) in [4.78, 5) is 27.3. The predicted molar refractivity (Wildman–Crippen MR) is 100 cm³/mol. The summed E-state index contributed by atoms with van der Waals surface area (Å²) in [7, 11) is 0. The molecule has 0 bridgehead atoms. The molecule has 3 rings (SSSR count). The Kier molecular flexibility index (Phi) is 5.88. The smallest absolute Gasteiger partial charge is 0.341 e. The topological polar surface area (TPSA) is 81.4 Å². The molecular weight excluding hydrogens is 368 g/mol. The molecule has 3 aromatic rings. The second-order valence-electron chi connectivity index (χ2n) is 5.98. The molecule has 1 N–H and O–H groups in total. The minimum Gasteiger partial charge on any atom is -0.482 e. The van der Waals surface area contributed by atoms with Crippen LogP contribution in [0.4, 0.5) is 0 Å². The van der Waals surface area contributed by atoms with Crippen molar-refractivity contribution in [1.29, 1.82) is 0 Å². The molecule has 2 aromatic carbocycles. The van der Waals surface area contributed by atoms with Crippen LogP contribution in [0.25, 0.3) is 0 Å². The number of carbonyl (C=O) groups excluding carboxylic acids is 1. The normalized spacial score (nSPS) is 10.6. The molecule has 0 spiro atoms. The molecule has 0 unspecified atom stereocenters. The number of rotatable bonds is 8. The van der Waals surface area contributed by atoms with E-state index in [2.05, 4.69) is 4.98 Å². The minimum atomic E-state index is -1.07. The van der Waals surface area contributed by atoms with E-state index in [0.717, 1.165) is 5.56 Å². The summed E-state index contributed by atoms with van der Waals surface area (Å²) in [6.45, 7) is 0.159. The number of aromatic nitrogens is 2. The molecule has 1 aromatic heterocycles. The standard InChI is InChI=1S/C20H17ClN2O4/c21-16-5-1-3-14(7-16)10-23-11-17(22-13-23)9-19(24)15-4-2-6-18(8-15)27-12-20(25)26/h1-8,11,13H,9-10,12H2,(H,25,26). The summed E-state index contributed by atoms with van der Waals surface area (Å²) in [6.07, 6.45) is 3.64. The van der Waals surface area contributed by atoms with Crippen molar-refractivity contribution in [3.8, 4) is 5.75 Å². The van der Waals surface area contributed by atoms with E-state index in [-0.39, 0.29) is 12.2 Å². The van der Waals surface area contributed by atoms with Gasteiger partial charge in [0.05, 0.1) is 18.4 Å². The Morgan fingerprint density at radius 1 is 1.15 bits per heavy atom. The third-order valence-electron chi connectivity index (χ3n) is 3.80. The molecular formula is C20H17ClN2O4. The lowest BCUT2D eigenvalue weighted by Crippen LogP contribution is -2.10. The lowest BCUT2D eigenvalue weighted by Gasteiger charge is -2.05. The molecule has 7 heteroatoms. The van der Waals surface area contributed by atoms with E-state index in [9.17, 15) is 9.59 Å². The Bertz CT molecular complexity index is 968. The first-order valence-corrected chi connectivity index (χ1v) is 8.60. The van der Waals surface area contributed by atoms with Crippen LogP contribution in [0.2, 0.25) is 5.02 Å². The highest BCUT2D eigenvalue weighted by atomic mass is 35.5. The van der Waals surface area contributed by atoms with Crippen LogP contribution in [-0.2, 0) is 17.8 Å². The summed E-state index contributed by atoms with van der Waals surface area (Å²) in [5.41, 5.74) is 2.14. The minimum absolute atomic E-state index is 0.121. The monoisotopic (exact) mass is 384 g/mol. The number of ether oxygens (including phenoxy) is 1. The number of imidazole rings is 1. The van der Waals surface area contributed by atoms with Gasteiger partial charge < -0.3 is 14.4 Å². The molecule has 0 aliphatic rings. The Hall–Kier alpha value is -3.12. The zero-order chi connectivity index (χ0) is 19.2. The van der Waals surface area contributed by atoms with Gasteiger partial charge in [-0.2, -0.15) is 0 Å². The van der Waals surface area contributed by atoms with E-state index in [0.29, 0.717) is 28.6 Å². The molecule has 0 amide bonds. The van der Waals surface area contributed by atoms with Crippen molar-refractivity contribution in [3.63, 3.8) is 0 Å². The second kappa shape index (κ2) is 8.51. The molecule has 0 aliphatic heterocycles. The molecule has 6 nitrogen and oxygen atoms in total. The number of hydrogen-bond donors (Lipinski definition) is 1. The lowest BCUT2D eigenvalue weighted by atomic mass is 10.1. The Labute approximate surface area is 161 Å². The van der Waals surface area contributed by atoms with Crippen molar-refractivity contribution >= 4 is 23.4 Å². The number of carboxylic acids is 1. The number of carboxylic acid groups (broad SMARTS) is 1. The molecule has 0 radical (unpaired) electrons. The number of benzene rings is 2. The average Bonchev–Trinajstić information content (AvgIpc) is 3.07. The van der Waals surface area contributed by atoms with Crippen molar-refractivity contribution in [2.45, 2.75) is 13.0 Å². The van der Waals surface area contributed by atoms with Gasteiger partial charge in [0.15, 0.2) is 12.4 Å². The molecule has 138 valence electrons. The fourth-order valence-electron chi connectivity index (χ4n) is 2.60. The van der Waals surface area contributed by atoms with Crippen LogP contribution in [0, 0.1) is 0 Å². The van der Waals surface area contributed by atoms with E-state index in [1.807, 2.05) is 35.0 Å². The Balaban J connectivity index is 1.64. The fourth-order valence-corrected chi connectivity index (χ4v) is 2.81. The number of ketones is 1. The van der Waals surface area contributed by atoms with Crippen molar-refractivity contribution in [1.82, 2.24) is 9.55 Å². The maximum atomic E-state index is 12.5. The molecule has 0 aliphatic carbocycles. The van der Waals surface area contributed by atoms with Gasteiger partial charge in [-0.05, 0) is 29.8 Å². The van der Waals surface area contributed by atoms with Gasteiger partial charge in [0, 0.05) is 23.3 Å². The van der Waals surface area contributed by atoms with E-state index >= 15 is 0 Å². The predicted octanol–water partition coefficient (Wildman–Crippen LogP) is 3.47. The maximum absolute atomic E-state index is 12.5. The van der Waals surface area contributed by atoms with Crippen molar-refractivity contribution in [3.05, 3.63) is 82.9 Å². The Morgan fingerprint density at radius 3 is 2.74 bits per heavy atom. The molecule has 0 saturated carbocycles. The highest BCUT2D eigenvalue weighted by molar-refractivity contribution is 6.30. The summed E-state index contributed by atoms with van der Waals surface area (Å²) in [6, 6.07) is 14.0. The van der Waals surface area contributed by atoms with Crippen LogP contribution >= 0.6 is 11.6 Å². The van der Waals surface area contributed by atoms with Crippen LogP contribution in [0.15, 0.2) is 61.1 Å². The number of hydrogen-bond acceptors (Lipinski definition) is 4. The van der Waals surface area contributed by atoms with Crippen LogP contribution in [0.3, 0.4) is 0 Å². The molecule has 0 atom stereocenters. The van der Waals surface area contributed by atoms with Crippen LogP contribution in [-0.4, -0.2) is 33.0 Å². The number of Topliss-reactive ketones (excluding diaryl/α,β-unsaturated/α-hetero) is 1. The van der Waals surface area contributed by atoms with Gasteiger partial charge in [-0.25, -0.2) is 9.78 Å². The van der Waals surface area contributed by atoms with Gasteiger partial charge in [-0.15, -0.1) is 0 Å². The Morgan fingerprint density at radius 2 is 1.96 bits per heavy atom. The first-order chi connectivity index (χ1) is 13.0. The maximum Gasteiger partial charge on any atom is 0.341 e. The summed E-state index contributed by atoms with van der Waals surface area (Å²) in [5, 5.41) is 9.34. The first-order valence-electron chi connectivity index (χ1n) is 8.22. The summed E-state index contributed by atoms with van der Waals surface area (Å²) in [5.74, 6) is -0.851. The van der Waals surface area contributed by atoms with E-state index in [1.165, 1.54) is 6.07 Å². The van der Waals surface area contributed by atoms with Gasteiger partial charge in [-0.3, -0.25) is 4.79 Å². The highest BCUT2D eigenvalue weighted by Crippen LogP contribution is 2.16. The second-order valence-corrected chi connectivity index (χ2v) is 6.41. The lowest BCUT2D eigenvalue weighted by molar-refractivity contribution is -0.139. The summed E-state index contributed by atoms with van der Waals surface area (Å²) < 4.78 is 7.00. The average molecular weight is 385 g/mol. The molecule has 1 heterocycles. The third kappa shape index (κ3) is 5.43. The van der Waals surface area contributed by atoms with Crippen molar-refractivity contribution in [2.75, 3.05) is 6.61 Å². The summed E-state index contributed by atoms with van der Waals surface area (Å²) >= 11 is 5.99. The van der Waals surface area contributed by atoms with Gasteiger partial charge in [0.1, 0.15) is 5.75 Å². The van der Waals surface area contributed by atoms with Crippen LogP contribution in [0.1, 0.15) is 21.6 Å². The van der Waals surface area contributed by atoms with E-state index in [1.54, 1.807) is 24.5 Å². The van der Waals surface area contributed by atoms with Gasteiger partial charge in [0.25, 0.3) is 0 Å². The van der Waals surface area contributed by atoms with E-state index < -0.39 is 12.6 Å². The highest BCUT2D eigenvalue weighted by Gasteiger charge is 2.11. The quantitative estimate of drug-likeness (QED) is 0.601. The van der Waals surface area contributed by atoms with Crippen LogP contribution in [0.5, 0.6) is 5.75 Å². The number of nitrogens with zero attached hydrogens (tertiary/aromatic N) is 2. The van der Waals surface area contributed by atoms with Crippen molar-refractivity contribution in [2.24, 2.45) is 0 Å². The molecule has 0 saturated heterocycles. The molecule has 0 fully saturated rings. The van der Waals surface area contributed by atoms with E-state index in [4.69, 9.17) is 21.4 Å².